The zero-order chi connectivity index (χ0) is 15.9. The summed E-state index contributed by atoms with van der Waals surface area (Å²) in [7, 11) is 0. The molecular weight excluding hydrogens is 280 g/mol. The number of rotatable bonds is 3. The summed E-state index contributed by atoms with van der Waals surface area (Å²) in [5.74, 6) is -0.00769. The molecule has 0 aliphatic heterocycles. The number of nitrogens with two attached hydrogens (primary N) is 1. The molecule has 3 N–H and O–H groups in total. The van der Waals surface area contributed by atoms with Crippen LogP contribution in [-0.2, 0) is 11.2 Å². The SMILES string of the molecule is Cc1cc(-n2c(C)c(CC(=O)O)c3ccccc32)nc(N)n1. The van der Waals surface area contributed by atoms with Crippen LogP contribution in [0.5, 0.6) is 0 Å². The van der Waals surface area contributed by atoms with Gasteiger partial charge in [-0.2, -0.15) is 4.98 Å². The minimum Gasteiger partial charge on any atom is -0.481 e. The summed E-state index contributed by atoms with van der Waals surface area (Å²) in [6.45, 7) is 3.74. The van der Waals surface area contributed by atoms with Crippen molar-refractivity contribution in [3.05, 3.63) is 47.3 Å². The average Bonchev–Trinajstić information content (AvgIpc) is 2.70. The summed E-state index contributed by atoms with van der Waals surface area (Å²) in [6, 6.07) is 9.52. The minimum atomic E-state index is -0.857. The molecule has 112 valence electrons. The van der Waals surface area contributed by atoms with Crippen LogP contribution in [0.15, 0.2) is 30.3 Å². The number of aryl methyl sites for hydroxylation is 1. The third kappa shape index (κ3) is 2.28. The molecule has 0 spiro atoms. The van der Waals surface area contributed by atoms with Gasteiger partial charge in [-0.15, -0.1) is 0 Å². The summed E-state index contributed by atoms with van der Waals surface area (Å²) in [6.07, 6.45) is -0.0289. The molecule has 0 saturated heterocycles. The molecule has 3 rings (SSSR count). The number of carboxylic acid groups (broad SMARTS) is 1. The van der Waals surface area contributed by atoms with E-state index in [1.54, 1.807) is 0 Å². The summed E-state index contributed by atoms with van der Waals surface area (Å²) in [5.41, 5.74) is 9.06. The fraction of sp³-hybridized carbons (Fsp3) is 0.188. The van der Waals surface area contributed by atoms with Gasteiger partial charge in [0.05, 0.1) is 11.9 Å². The lowest BCUT2D eigenvalue weighted by atomic mass is 10.1. The van der Waals surface area contributed by atoms with Gasteiger partial charge in [0, 0.05) is 22.8 Å². The van der Waals surface area contributed by atoms with Gasteiger partial charge < -0.3 is 10.8 Å². The highest BCUT2D eigenvalue weighted by molar-refractivity contribution is 5.90. The highest BCUT2D eigenvalue weighted by Gasteiger charge is 2.18. The summed E-state index contributed by atoms with van der Waals surface area (Å²) < 4.78 is 1.93. The van der Waals surface area contributed by atoms with E-state index in [9.17, 15) is 4.79 Å². The number of nitrogens with zero attached hydrogens (tertiary/aromatic N) is 3. The van der Waals surface area contributed by atoms with Gasteiger partial charge in [-0.1, -0.05) is 18.2 Å². The Bertz CT molecular complexity index is 863. The Morgan fingerprint density at radius 1 is 1.27 bits per heavy atom. The zero-order valence-corrected chi connectivity index (χ0v) is 12.4. The maximum Gasteiger partial charge on any atom is 0.307 e. The van der Waals surface area contributed by atoms with Crippen LogP contribution in [-0.4, -0.2) is 25.6 Å². The highest BCUT2D eigenvalue weighted by Crippen LogP contribution is 2.29. The maximum absolute atomic E-state index is 11.2. The molecule has 0 amide bonds. The molecule has 0 aliphatic rings. The van der Waals surface area contributed by atoms with E-state index < -0.39 is 5.97 Å². The predicted molar refractivity (Wildman–Crippen MR) is 84.1 cm³/mol. The van der Waals surface area contributed by atoms with Crippen molar-refractivity contribution in [3.8, 4) is 5.82 Å². The standard InChI is InChI=1S/C16H16N4O2/c1-9-7-14(19-16(17)18-9)20-10(2)12(8-15(21)22)11-5-3-4-6-13(11)20/h3-7H,8H2,1-2H3,(H,21,22)(H2,17,18,19). The van der Waals surface area contributed by atoms with E-state index in [4.69, 9.17) is 10.8 Å². The zero-order valence-electron chi connectivity index (χ0n) is 12.4. The lowest BCUT2D eigenvalue weighted by molar-refractivity contribution is -0.136. The first-order valence-corrected chi connectivity index (χ1v) is 6.89. The first kappa shape index (κ1) is 14.1. The predicted octanol–water partition coefficient (Wildman–Crippen LogP) is 2.25. The van der Waals surface area contributed by atoms with E-state index in [-0.39, 0.29) is 12.4 Å². The van der Waals surface area contributed by atoms with E-state index in [1.165, 1.54) is 0 Å². The number of nitrogen functional groups attached to an aromatic ring is 1. The number of carbonyl (C=O) groups is 1. The molecule has 22 heavy (non-hydrogen) atoms. The lowest BCUT2D eigenvalue weighted by Gasteiger charge is -2.09. The fourth-order valence-electron chi connectivity index (χ4n) is 2.79. The number of carboxylic acids is 1. The molecule has 6 heteroatoms. The molecular formula is C16H16N4O2. The molecule has 1 aromatic carbocycles. The van der Waals surface area contributed by atoms with E-state index in [2.05, 4.69) is 9.97 Å². The molecule has 0 aliphatic carbocycles. The topological polar surface area (TPSA) is 94.0 Å². The van der Waals surface area contributed by atoms with Gasteiger partial charge in [-0.25, -0.2) is 4.98 Å². The van der Waals surface area contributed by atoms with Crippen LogP contribution < -0.4 is 5.73 Å². The molecule has 0 saturated carbocycles. The number of hydrogen-bond donors (Lipinski definition) is 2. The smallest absolute Gasteiger partial charge is 0.307 e. The number of hydrogen-bond acceptors (Lipinski definition) is 4. The van der Waals surface area contributed by atoms with Crippen LogP contribution in [0.3, 0.4) is 0 Å². The third-order valence-corrected chi connectivity index (χ3v) is 3.66. The lowest BCUT2D eigenvalue weighted by Crippen LogP contribution is -2.06. The number of anilines is 1. The van der Waals surface area contributed by atoms with Gasteiger partial charge in [0.25, 0.3) is 0 Å². The van der Waals surface area contributed by atoms with Crippen LogP contribution in [0.2, 0.25) is 0 Å². The Hall–Kier alpha value is -2.89. The molecule has 6 nitrogen and oxygen atoms in total. The van der Waals surface area contributed by atoms with Crippen molar-refractivity contribution in [1.82, 2.24) is 14.5 Å². The number of fused-ring (bicyclic) bond motifs is 1. The van der Waals surface area contributed by atoms with E-state index in [0.717, 1.165) is 27.9 Å². The molecule has 0 fully saturated rings. The van der Waals surface area contributed by atoms with Gasteiger partial charge in [0.15, 0.2) is 0 Å². The van der Waals surface area contributed by atoms with Crippen LogP contribution in [0, 0.1) is 13.8 Å². The normalized spacial score (nSPS) is 11.0. The van der Waals surface area contributed by atoms with Crippen molar-refractivity contribution in [2.45, 2.75) is 20.3 Å². The molecule has 0 radical (unpaired) electrons. The van der Waals surface area contributed by atoms with Crippen molar-refractivity contribution in [3.63, 3.8) is 0 Å². The molecule has 0 bridgehead atoms. The van der Waals surface area contributed by atoms with Crippen molar-refractivity contribution in [1.29, 1.82) is 0 Å². The Morgan fingerprint density at radius 3 is 2.68 bits per heavy atom. The fourth-order valence-corrected chi connectivity index (χ4v) is 2.79. The Morgan fingerprint density at radius 2 is 2.00 bits per heavy atom. The third-order valence-electron chi connectivity index (χ3n) is 3.66. The second-order valence-corrected chi connectivity index (χ2v) is 5.21. The van der Waals surface area contributed by atoms with Gasteiger partial charge in [-0.3, -0.25) is 9.36 Å². The molecule has 0 unspecified atom stereocenters. The molecule has 0 atom stereocenters. The number of benzene rings is 1. The highest BCUT2D eigenvalue weighted by atomic mass is 16.4. The summed E-state index contributed by atoms with van der Waals surface area (Å²) in [4.78, 5) is 19.5. The Kier molecular flexibility index (Phi) is 3.29. The summed E-state index contributed by atoms with van der Waals surface area (Å²) >= 11 is 0. The van der Waals surface area contributed by atoms with E-state index >= 15 is 0 Å². The van der Waals surface area contributed by atoms with Crippen LogP contribution in [0.4, 0.5) is 5.95 Å². The first-order valence-electron chi connectivity index (χ1n) is 6.89. The second-order valence-electron chi connectivity index (χ2n) is 5.21. The first-order chi connectivity index (χ1) is 10.5. The van der Waals surface area contributed by atoms with Crippen molar-refractivity contribution >= 4 is 22.8 Å². The minimum absolute atomic E-state index is 0.0289. The monoisotopic (exact) mass is 296 g/mol. The van der Waals surface area contributed by atoms with E-state index in [0.29, 0.717) is 5.82 Å². The second kappa shape index (κ2) is 5.14. The quantitative estimate of drug-likeness (QED) is 0.773. The van der Waals surface area contributed by atoms with Gasteiger partial charge >= 0.3 is 5.97 Å². The Labute approximate surface area is 127 Å². The van der Waals surface area contributed by atoms with Crippen molar-refractivity contribution in [2.75, 3.05) is 5.73 Å². The van der Waals surface area contributed by atoms with Crippen LogP contribution in [0.1, 0.15) is 17.0 Å². The molecule has 2 heterocycles. The number of aliphatic carboxylic acids is 1. The number of para-hydroxylation sites is 1. The molecule has 2 aromatic heterocycles. The summed E-state index contributed by atoms with van der Waals surface area (Å²) in [5, 5.41) is 10.1. The van der Waals surface area contributed by atoms with Gasteiger partial charge in [0.1, 0.15) is 5.82 Å². The van der Waals surface area contributed by atoms with Gasteiger partial charge in [0.2, 0.25) is 5.95 Å². The maximum atomic E-state index is 11.2. The van der Waals surface area contributed by atoms with Gasteiger partial charge in [-0.05, 0) is 25.5 Å². The van der Waals surface area contributed by atoms with Crippen LogP contribution >= 0.6 is 0 Å². The number of aromatic nitrogens is 3. The largest absolute Gasteiger partial charge is 0.481 e. The van der Waals surface area contributed by atoms with E-state index in [1.807, 2.05) is 48.7 Å². The van der Waals surface area contributed by atoms with Crippen molar-refractivity contribution < 1.29 is 9.90 Å². The van der Waals surface area contributed by atoms with Crippen LogP contribution in [0.25, 0.3) is 16.7 Å². The average molecular weight is 296 g/mol. The Balaban J connectivity index is 2.34. The van der Waals surface area contributed by atoms with Crippen molar-refractivity contribution in [2.24, 2.45) is 0 Å². The molecule has 3 aromatic rings.